The fourth-order valence-corrected chi connectivity index (χ4v) is 0.884. The molecule has 1 unspecified atom stereocenters. The minimum Gasteiger partial charge on any atom is -0.508 e. The van der Waals surface area contributed by atoms with Crippen molar-refractivity contribution >= 4 is 0 Å². The molecule has 11 heavy (non-hydrogen) atoms. The lowest BCUT2D eigenvalue weighted by Gasteiger charge is -2.07. The van der Waals surface area contributed by atoms with E-state index in [0.29, 0.717) is 0 Å². The van der Waals surface area contributed by atoms with Crippen LogP contribution in [0.3, 0.4) is 0 Å². The van der Waals surface area contributed by atoms with Crippen molar-refractivity contribution in [1.82, 2.24) is 0 Å². The van der Waals surface area contributed by atoms with Crippen LogP contribution in [0.1, 0.15) is 11.5 Å². The zero-order chi connectivity index (χ0) is 8.27. The van der Waals surface area contributed by atoms with E-state index in [9.17, 15) is 0 Å². The van der Waals surface area contributed by atoms with Crippen LogP contribution in [-0.2, 0) is 0 Å². The molecule has 0 aliphatic carbocycles. The maximum atomic E-state index is 9.05. The second-order valence-corrected chi connectivity index (χ2v) is 2.47. The molecule has 0 aliphatic rings. The number of aliphatic hydroxyl groups excluding tert-OH is 1. The highest BCUT2D eigenvalue weighted by atomic mass is 16.3. The summed E-state index contributed by atoms with van der Waals surface area (Å²) in [6.45, 7) is 3.71. The molecule has 1 aromatic rings. The van der Waals surface area contributed by atoms with Gasteiger partial charge >= 0.3 is 0 Å². The van der Waals surface area contributed by atoms with Gasteiger partial charge in [0.15, 0.2) is 0 Å². The second-order valence-electron chi connectivity index (χ2n) is 2.47. The van der Waals surface area contributed by atoms with Crippen molar-refractivity contribution in [2.75, 3.05) is 6.61 Å². The van der Waals surface area contributed by atoms with Crippen LogP contribution < -0.4 is 0 Å². The molecule has 0 fully saturated rings. The van der Waals surface area contributed by atoms with Crippen molar-refractivity contribution in [3.8, 4) is 5.75 Å². The molecule has 0 saturated carbocycles. The molecule has 0 aliphatic heterocycles. The van der Waals surface area contributed by atoms with Crippen molar-refractivity contribution in [2.45, 2.75) is 5.92 Å². The number of hydrogen-bond acceptors (Lipinski definition) is 2. The van der Waals surface area contributed by atoms with Crippen LogP contribution in [0.25, 0.3) is 0 Å². The Balaban J connectivity index is 2.86. The molecule has 0 bridgehead atoms. The topological polar surface area (TPSA) is 40.5 Å². The molecule has 0 saturated heterocycles. The molecule has 0 spiro atoms. The minimum atomic E-state index is -0.151. The van der Waals surface area contributed by atoms with Crippen LogP contribution in [0.2, 0.25) is 0 Å². The lowest BCUT2D eigenvalue weighted by molar-refractivity contribution is 0.282. The summed E-state index contributed by atoms with van der Waals surface area (Å²) in [5.41, 5.74) is 0.854. The van der Waals surface area contributed by atoms with Gasteiger partial charge in [0.1, 0.15) is 5.75 Å². The lowest BCUT2D eigenvalue weighted by Crippen LogP contribution is -1.98. The summed E-state index contributed by atoms with van der Waals surface area (Å²) in [5, 5.41) is 17.8. The molecular formula is C9H11O2. The molecule has 0 amide bonds. The number of phenolic OH excluding ortho intramolecular Hbond substituents is 1. The summed E-state index contributed by atoms with van der Waals surface area (Å²) in [6, 6.07) is 6.76. The van der Waals surface area contributed by atoms with E-state index in [2.05, 4.69) is 6.92 Å². The maximum absolute atomic E-state index is 9.05. The molecule has 59 valence electrons. The maximum Gasteiger partial charge on any atom is 0.115 e. The van der Waals surface area contributed by atoms with E-state index < -0.39 is 0 Å². The Hall–Kier alpha value is -1.02. The standard InChI is InChI=1S/C9H11O2/c1-7(6-10)8-3-2-4-9(11)5-8/h2-5,7,10-11H,1,6H2. The van der Waals surface area contributed by atoms with Gasteiger partial charge in [0, 0.05) is 12.5 Å². The number of phenols is 1. The lowest BCUT2D eigenvalue weighted by atomic mass is 10.0. The van der Waals surface area contributed by atoms with Gasteiger partial charge in [0.05, 0.1) is 0 Å². The molecule has 0 heterocycles. The molecule has 2 nitrogen and oxygen atoms in total. The number of aromatic hydroxyl groups is 1. The average Bonchev–Trinajstić information content (AvgIpc) is 2.03. The Morgan fingerprint density at radius 1 is 1.45 bits per heavy atom. The molecule has 1 radical (unpaired) electrons. The third-order valence-electron chi connectivity index (χ3n) is 1.56. The van der Waals surface area contributed by atoms with Gasteiger partial charge in [-0.3, -0.25) is 0 Å². The predicted octanol–water partition coefficient (Wildman–Crippen LogP) is 1.30. The monoisotopic (exact) mass is 151 g/mol. The molecule has 1 atom stereocenters. The van der Waals surface area contributed by atoms with E-state index in [4.69, 9.17) is 10.2 Å². The predicted molar refractivity (Wildman–Crippen MR) is 43.3 cm³/mol. The van der Waals surface area contributed by atoms with Gasteiger partial charge < -0.3 is 10.2 Å². The van der Waals surface area contributed by atoms with Gasteiger partial charge in [-0.2, -0.15) is 0 Å². The van der Waals surface area contributed by atoms with E-state index >= 15 is 0 Å². The van der Waals surface area contributed by atoms with E-state index in [1.165, 1.54) is 0 Å². The number of rotatable bonds is 2. The molecule has 0 aromatic heterocycles. The molecule has 2 N–H and O–H groups in total. The van der Waals surface area contributed by atoms with Gasteiger partial charge in [-0.15, -0.1) is 0 Å². The zero-order valence-electron chi connectivity index (χ0n) is 6.20. The summed E-state index contributed by atoms with van der Waals surface area (Å²) in [6.07, 6.45) is 0. The third-order valence-corrected chi connectivity index (χ3v) is 1.56. The zero-order valence-corrected chi connectivity index (χ0v) is 6.20. The van der Waals surface area contributed by atoms with Crippen LogP contribution in [0.15, 0.2) is 24.3 Å². The van der Waals surface area contributed by atoms with Crippen LogP contribution in [0.5, 0.6) is 5.75 Å². The summed E-state index contributed by atoms with van der Waals surface area (Å²) >= 11 is 0. The van der Waals surface area contributed by atoms with Crippen LogP contribution >= 0.6 is 0 Å². The summed E-state index contributed by atoms with van der Waals surface area (Å²) in [7, 11) is 0. The van der Waals surface area contributed by atoms with Crippen molar-refractivity contribution in [3.63, 3.8) is 0 Å². The second kappa shape index (κ2) is 3.39. The van der Waals surface area contributed by atoms with E-state index in [1.807, 2.05) is 6.07 Å². The Kier molecular flexibility index (Phi) is 2.49. The highest BCUT2D eigenvalue weighted by Gasteiger charge is 2.02. The van der Waals surface area contributed by atoms with Crippen molar-refractivity contribution < 1.29 is 10.2 Å². The van der Waals surface area contributed by atoms with Gasteiger partial charge in [0.2, 0.25) is 0 Å². The summed E-state index contributed by atoms with van der Waals surface area (Å²) in [5.74, 6) is 0.0618. The number of benzene rings is 1. The fourth-order valence-electron chi connectivity index (χ4n) is 0.884. The Morgan fingerprint density at radius 2 is 2.18 bits per heavy atom. The normalized spacial score (nSPS) is 12.9. The Bertz CT molecular complexity index is 233. The van der Waals surface area contributed by atoms with Gasteiger partial charge in [0.25, 0.3) is 0 Å². The highest BCUT2D eigenvalue weighted by molar-refractivity contribution is 5.30. The van der Waals surface area contributed by atoms with E-state index in [-0.39, 0.29) is 18.3 Å². The minimum absolute atomic E-state index is 0.00343. The van der Waals surface area contributed by atoms with E-state index in [1.54, 1.807) is 18.2 Å². The first kappa shape index (κ1) is 8.08. The molecule has 1 rings (SSSR count). The number of aliphatic hydroxyl groups is 1. The Labute approximate surface area is 66.1 Å². The summed E-state index contributed by atoms with van der Waals surface area (Å²) in [4.78, 5) is 0. The quantitative estimate of drug-likeness (QED) is 0.668. The largest absolute Gasteiger partial charge is 0.508 e. The molecule has 2 heteroatoms. The van der Waals surface area contributed by atoms with Gasteiger partial charge in [-0.05, 0) is 24.6 Å². The SMILES string of the molecule is [CH2]C(CO)c1cccc(O)c1. The van der Waals surface area contributed by atoms with Crippen LogP contribution in [0, 0.1) is 6.92 Å². The first-order valence-electron chi connectivity index (χ1n) is 3.47. The van der Waals surface area contributed by atoms with Crippen molar-refractivity contribution in [1.29, 1.82) is 0 Å². The first-order chi connectivity index (χ1) is 5.24. The number of hydrogen-bond donors (Lipinski definition) is 2. The first-order valence-corrected chi connectivity index (χ1v) is 3.47. The summed E-state index contributed by atoms with van der Waals surface area (Å²) < 4.78 is 0. The molecule has 1 aromatic carbocycles. The van der Waals surface area contributed by atoms with Crippen LogP contribution in [-0.4, -0.2) is 16.8 Å². The van der Waals surface area contributed by atoms with Gasteiger partial charge in [-0.25, -0.2) is 0 Å². The van der Waals surface area contributed by atoms with Crippen LogP contribution in [0.4, 0.5) is 0 Å². The Morgan fingerprint density at radius 3 is 2.73 bits per heavy atom. The van der Waals surface area contributed by atoms with E-state index in [0.717, 1.165) is 5.56 Å². The van der Waals surface area contributed by atoms with Crippen molar-refractivity contribution in [3.05, 3.63) is 36.8 Å². The molecular weight excluding hydrogens is 140 g/mol. The highest BCUT2D eigenvalue weighted by Crippen LogP contribution is 2.18. The smallest absolute Gasteiger partial charge is 0.115 e. The van der Waals surface area contributed by atoms with Gasteiger partial charge in [-0.1, -0.05) is 12.1 Å². The fraction of sp³-hybridized carbons (Fsp3) is 0.222. The third kappa shape index (κ3) is 1.95. The van der Waals surface area contributed by atoms with Crippen molar-refractivity contribution in [2.24, 2.45) is 0 Å². The average molecular weight is 151 g/mol.